The van der Waals surface area contributed by atoms with Crippen LogP contribution in [0, 0.1) is 0 Å². The first-order valence-corrected chi connectivity index (χ1v) is 14.3. The molecule has 7 heteroatoms. The van der Waals surface area contributed by atoms with Gasteiger partial charge in [-0.2, -0.15) is 0 Å². The highest BCUT2D eigenvalue weighted by Crippen LogP contribution is 2.48. The molecule has 7 nitrogen and oxygen atoms in total. The summed E-state index contributed by atoms with van der Waals surface area (Å²) >= 11 is 0. The van der Waals surface area contributed by atoms with Gasteiger partial charge in [-0.3, -0.25) is 0 Å². The Labute approximate surface area is 215 Å². The fourth-order valence-corrected chi connectivity index (χ4v) is 6.47. The van der Waals surface area contributed by atoms with E-state index in [1.54, 1.807) is 0 Å². The van der Waals surface area contributed by atoms with E-state index >= 15 is 0 Å². The maximum atomic E-state index is 6.63. The summed E-state index contributed by atoms with van der Waals surface area (Å²) in [5.41, 5.74) is 1.10. The zero-order valence-corrected chi connectivity index (χ0v) is 21.7. The normalized spacial score (nSPS) is 34.9. The summed E-state index contributed by atoms with van der Waals surface area (Å²) in [6, 6.07) is 8.19. The molecule has 2 aliphatic carbocycles. The molecule has 2 saturated carbocycles. The summed E-state index contributed by atoms with van der Waals surface area (Å²) in [5, 5.41) is 0. The molecule has 2 spiro atoms. The number of rotatable bonds is 8. The Morgan fingerprint density at radius 3 is 2.28 bits per heavy atom. The van der Waals surface area contributed by atoms with Crippen molar-refractivity contribution in [1.29, 1.82) is 0 Å². The summed E-state index contributed by atoms with van der Waals surface area (Å²) in [6.45, 7) is 3.92. The summed E-state index contributed by atoms with van der Waals surface area (Å²) in [6.07, 6.45) is 11.6. The van der Waals surface area contributed by atoms with E-state index in [1.807, 2.05) is 12.1 Å². The maximum Gasteiger partial charge on any atom is 0.190 e. The largest absolute Gasteiger partial charge is 0.494 e. The highest BCUT2D eigenvalue weighted by molar-refractivity contribution is 5.27. The van der Waals surface area contributed by atoms with Crippen molar-refractivity contribution < 1.29 is 33.2 Å². The average Bonchev–Trinajstić information content (AvgIpc) is 3.56. The van der Waals surface area contributed by atoms with Gasteiger partial charge in [-0.05, 0) is 49.8 Å². The molecule has 5 fully saturated rings. The summed E-state index contributed by atoms with van der Waals surface area (Å²) in [5.74, 6) is -0.0700. The van der Waals surface area contributed by atoms with Crippen LogP contribution in [0.4, 0.5) is 0 Å². The Balaban J connectivity index is 1.13. The minimum Gasteiger partial charge on any atom is -0.494 e. The van der Waals surface area contributed by atoms with E-state index in [2.05, 4.69) is 19.1 Å². The molecule has 1 aromatic carbocycles. The first-order valence-electron chi connectivity index (χ1n) is 14.3. The summed E-state index contributed by atoms with van der Waals surface area (Å²) < 4.78 is 44.8. The van der Waals surface area contributed by atoms with Crippen LogP contribution in [0.2, 0.25) is 0 Å². The molecule has 5 atom stereocenters. The minimum absolute atomic E-state index is 0.178. The van der Waals surface area contributed by atoms with E-state index in [9.17, 15) is 0 Å². The van der Waals surface area contributed by atoms with Crippen LogP contribution in [0.25, 0.3) is 0 Å². The number of ether oxygens (including phenoxy) is 7. The molecule has 3 saturated heterocycles. The highest BCUT2D eigenvalue weighted by Gasteiger charge is 2.61. The molecule has 0 bridgehead atoms. The fraction of sp³-hybridized carbons (Fsp3) is 0.793. The number of hydrogen-bond donors (Lipinski definition) is 0. The van der Waals surface area contributed by atoms with Crippen LogP contribution in [-0.2, 0) is 35.0 Å². The average molecular weight is 503 g/mol. The third kappa shape index (κ3) is 5.20. The van der Waals surface area contributed by atoms with Crippen LogP contribution >= 0.6 is 0 Å². The highest BCUT2D eigenvalue weighted by atomic mass is 16.9. The molecular weight excluding hydrogens is 460 g/mol. The van der Waals surface area contributed by atoms with Gasteiger partial charge >= 0.3 is 0 Å². The topological polar surface area (TPSA) is 64.6 Å². The van der Waals surface area contributed by atoms with Crippen LogP contribution in [0.3, 0.4) is 0 Å². The predicted molar refractivity (Wildman–Crippen MR) is 132 cm³/mol. The van der Waals surface area contributed by atoms with Crippen molar-refractivity contribution in [3.63, 3.8) is 0 Å². The molecule has 0 aromatic heterocycles. The van der Waals surface area contributed by atoms with Crippen LogP contribution in [-0.4, -0.2) is 55.5 Å². The molecule has 3 heterocycles. The van der Waals surface area contributed by atoms with Crippen molar-refractivity contribution in [3.8, 4) is 5.75 Å². The molecular formula is C29H42O7. The van der Waals surface area contributed by atoms with E-state index in [-0.39, 0.29) is 24.4 Å². The second-order valence-corrected chi connectivity index (χ2v) is 11.2. The molecule has 5 unspecified atom stereocenters. The smallest absolute Gasteiger partial charge is 0.190 e. The van der Waals surface area contributed by atoms with Crippen molar-refractivity contribution >= 4 is 0 Å². The molecule has 6 rings (SSSR count). The van der Waals surface area contributed by atoms with Crippen molar-refractivity contribution in [3.05, 3.63) is 29.8 Å². The van der Waals surface area contributed by atoms with Gasteiger partial charge in [-0.1, -0.05) is 38.3 Å². The lowest BCUT2D eigenvalue weighted by atomic mass is 9.94. The van der Waals surface area contributed by atoms with Crippen LogP contribution < -0.4 is 4.74 Å². The number of fused-ring (bicyclic) bond motifs is 1. The molecule has 36 heavy (non-hydrogen) atoms. The van der Waals surface area contributed by atoms with Gasteiger partial charge in [0.1, 0.15) is 30.2 Å². The van der Waals surface area contributed by atoms with E-state index in [0.717, 1.165) is 82.1 Å². The minimum atomic E-state index is -0.519. The predicted octanol–water partition coefficient (Wildman–Crippen LogP) is 5.63. The molecule has 3 aliphatic heterocycles. The Morgan fingerprint density at radius 1 is 0.833 bits per heavy atom. The second-order valence-electron chi connectivity index (χ2n) is 11.2. The SMILES string of the molecule is CCCCOc1ccc(COC2C(C3COC4(CCCCC4)O3)OC3OC4(CCCCC4)OC32)cc1. The fourth-order valence-electron chi connectivity index (χ4n) is 6.47. The van der Waals surface area contributed by atoms with E-state index in [0.29, 0.717) is 13.2 Å². The van der Waals surface area contributed by atoms with Gasteiger partial charge in [0, 0.05) is 25.7 Å². The lowest BCUT2D eigenvalue weighted by Gasteiger charge is -2.35. The standard InChI is InChI=1S/C29H42O7/c1-2-3-18-30-22-12-10-21(11-13-22)19-31-25-24(23-20-32-28(34-23)14-6-4-7-15-28)33-27-26(25)35-29(36-27)16-8-5-9-17-29/h10-13,23-27H,2-9,14-20H2,1H3. The lowest BCUT2D eigenvalue weighted by molar-refractivity contribution is -0.263. The van der Waals surface area contributed by atoms with Gasteiger partial charge < -0.3 is 33.2 Å². The lowest BCUT2D eigenvalue weighted by Crippen LogP contribution is -2.45. The van der Waals surface area contributed by atoms with Crippen LogP contribution in [0.15, 0.2) is 24.3 Å². The molecule has 0 radical (unpaired) electrons. The first kappa shape index (κ1) is 25.1. The number of benzene rings is 1. The Kier molecular flexibility index (Phi) is 7.57. The van der Waals surface area contributed by atoms with Gasteiger partial charge in [0.2, 0.25) is 0 Å². The first-order chi connectivity index (χ1) is 17.7. The van der Waals surface area contributed by atoms with Gasteiger partial charge in [0.05, 0.1) is 19.8 Å². The molecule has 200 valence electrons. The molecule has 0 amide bonds. The summed E-state index contributed by atoms with van der Waals surface area (Å²) in [7, 11) is 0. The molecule has 5 aliphatic rings. The van der Waals surface area contributed by atoms with Crippen LogP contribution in [0.1, 0.15) is 89.5 Å². The third-order valence-corrected chi connectivity index (χ3v) is 8.50. The van der Waals surface area contributed by atoms with Crippen LogP contribution in [0.5, 0.6) is 5.75 Å². The molecule has 1 aromatic rings. The Bertz CT molecular complexity index is 846. The maximum absolute atomic E-state index is 6.63. The second kappa shape index (κ2) is 10.9. The van der Waals surface area contributed by atoms with Crippen molar-refractivity contribution in [2.75, 3.05) is 13.2 Å². The monoisotopic (exact) mass is 502 g/mol. The van der Waals surface area contributed by atoms with Crippen molar-refractivity contribution in [2.24, 2.45) is 0 Å². The van der Waals surface area contributed by atoms with E-state index < -0.39 is 17.9 Å². The Hall–Kier alpha value is -1.22. The quantitative estimate of drug-likeness (QED) is 0.427. The van der Waals surface area contributed by atoms with Gasteiger partial charge in [0.15, 0.2) is 17.9 Å². The number of hydrogen-bond acceptors (Lipinski definition) is 7. The Morgan fingerprint density at radius 2 is 1.56 bits per heavy atom. The van der Waals surface area contributed by atoms with E-state index in [4.69, 9.17) is 33.2 Å². The van der Waals surface area contributed by atoms with Gasteiger partial charge in [0.25, 0.3) is 0 Å². The zero-order chi connectivity index (χ0) is 24.4. The summed E-state index contributed by atoms with van der Waals surface area (Å²) in [4.78, 5) is 0. The van der Waals surface area contributed by atoms with Crippen molar-refractivity contribution in [1.82, 2.24) is 0 Å². The van der Waals surface area contributed by atoms with Gasteiger partial charge in [-0.15, -0.1) is 0 Å². The van der Waals surface area contributed by atoms with Gasteiger partial charge in [-0.25, -0.2) is 0 Å². The number of unbranched alkanes of at least 4 members (excludes halogenated alkanes) is 1. The zero-order valence-electron chi connectivity index (χ0n) is 21.7. The van der Waals surface area contributed by atoms with Crippen molar-refractivity contribution in [2.45, 2.75) is 133 Å². The molecule has 0 N–H and O–H groups in total. The van der Waals surface area contributed by atoms with E-state index in [1.165, 1.54) is 12.8 Å². The third-order valence-electron chi connectivity index (χ3n) is 8.50.